The number of anilines is 1. The lowest BCUT2D eigenvalue weighted by Gasteiger charge is -2.24. The molecule has 114 valence electrons. The molecule has 0 spiro atoms. The molecule has 0 amide bonds. The van der Waals surface area contributed by atoms with Crippen LogP contribution >= 0.6 is 22.9 Å². The summed E-state index contributed by atoms with van der Waals surface area (Å²) in [7, 11) is 0. The van der Waals surface area contributed by atoms with Crippen LogP contribution in [-0.4, -0.2) is 26.2 Å². The Kier molecular flexibility index (Phi) is 3.86. The molecule has 0 bridgehead atoms. The zero-order chi connectivity index (χ0) is 15.7. The zero-order valence-corrected chi connectivity index (χ0v) is 13.2. The molecule has 0 aliphatic rings. The first-order chi connectivity index (χ1) is 10.5. The molecule has 6 nitrogen and oxygen atoms in total. The molecule has 2 N–H and O–H groups in total. The van der Waals surface area contributed by atoms with Gasteiger partial charge in [-0.2, -0.15) is 4.52 Å². The molecule has 8 heteroatoms. The van der Waals surface area contributed by atoms with Gasteiger partial charge in [0, 0.05) is 29.4 Å². The fourth-order valence-electron chi connectivity index (χ4n) is 2.06. The van der Waals surface area contributed by atoms with Gasteiger partial charge >= 0.3 is 0 Å². The van der Waals surface area contributed by atoms with Gasteiger partial charge in [0.2, 0.25) is 10.1 Å². The van der Waals surface area contributed by atoms with Crippen LogP contribution in [0.25, 0.3) is 4.96 Å². The number of nitrogens with one attached hydrogen (secondary N) is 1. The van der Waals surface area contributed by atoms with Crippen molar-refractivity contribution in [3.8, 4) is 0 Å². The molecule has 2 aromatic heterocycles. The number of hydrogen-bond acceptors (Lipinski definition) is 6. The molecule has 0 saturated heterocycles. The van der Waals surface area contributed by atoms with Crippen molar-refractivity contribution in [1.82, 2.24) is 14.6 Å². The topological polar surface area (TPSA) is 79.5 Å². The van der Waals surface area contributed by atoms with E-state index in [1.54, 1.807) is 25.1 Å². The van der Waals surface area contributed by atoms with E-state index in [1.807, 2.05) is 6.07 Å². The molecule has 0 fully saturated rings. The zero-order valence-electron chi connectivity index (χ0n) is 11.7. The molecule has 0 aliphatic heterocycles. The molecule has 22 heavy (non-hydrogen) atoms. The number of nitrogens with zero attached hydrogens (tertiary/aromatic N) is 3. The van der Waals surface area contributed by atoms with Gasteiger partial charge in [-0.1, -0.05) is 41.1 Å². The van der Waals surface area contributed by atoms with Gasteiger partial charge in [0.25, 0.3) is 5.56 Å². The van der Waals surface area contributed by atoms with Crippen LogP contribution in [0.2, 0.25) is 5.02 Å². The van der Waals surface area contributed by atoms with E-state index < -0.39 is 5.60 Å². The molecule has 1 aromatic carbocycles. The lowest BCUT2D eigenvalue weighted by Crippen LogP contribution is -2.31. The Labute approximate surface area is 135 Å². The molecule has 0 saturated carbocycles. The van der Waals surface area contributed by atoms with E-state index in [9.17, 15) is 9.90 Å². The number of aromatic nitrogens is 3. The maximum Gasteiger partial charge on any atom is 0.275 e. The molecule has 0 radical (unpaired) electrons. The van der Waals surface area contributed by atoms with Crippen LogP contribution in [0.1, 0.15) is 12.5 Å². The predicted octanol–water partition coefficient (Wildman–Crippen LogP) is 2.12. The normalized spacial score (nSPS) is 14.0. The van der Waals surface area contributed by atoms with Gasteiger partial charge in [-0.25, -0.2) is 4.98 Å². The Morgan fingerprint density at radius 3 is 2.91 bits per heavy atom. The van der Waals surface area contributed by atoms with Crippen LogP contribution in [0.3, 0.4) is 0 Å². The molecule has 0 aliphatic carbocycles. The van der Waals surface area contributed by atoms with E-state index in [-0.39, 0.29) is 12.1 Å². The summed E-state index contributed by atoms with van der Waals surface area (Å²) in [4.78, 5) is 16.2. The lowest BCUT2D eigenvalue weighted by molar-refractivity contribution is 0.0716. The highest BCUT2D eigenvalue weighted by Crippen LogP contribution is 2.28. The minimum absolute atomic E-state index is 0.200. The minimum Gasteiger partial charge on any atom is -0.384 e. The van der Waals surface area contributed by atoms with Crippen molar-refractivity contribution in [2.24, 2.45) is 0 Å². The van der Waals surface area contributed by atoms with Crippen molar-refractivity contribution in [1.29, 1.82) is 0 Å². The largest absolute Gasteiger partial charge is 0.384 e. The highest BCUT2D eigenvalue weighted by molar-refractivity contribution is 7.20. The first kappa shape index (κ1) is 15.0. The van der Waals surface area contributed by atoms with Crippen LogP contribution in [0.4, 0.5) is 5.13 Å². The lowest BCUT2D eigenvalue weighted by atomic mass is 9.96. The third kappa shape index (κ3) is 2.83. The first-order valence-electron chi connectivity index (χ1n) is 6.53. The van der Waals surface area contributed by atoms with Crippen LogP contribution in [0, 0.1) is 0 Å². The van der Waals surface area contributed by atoms with Gasteiger partial charge in [0.05, 0.1) is 0 Å². The number of benzene rings is 1. The quantitative estimate of drug-likeness (QED) is 0.763. The molecule has 1 atom stereocenters. The van der Waals surface area contributed by atoms with Crippen molar-refractivity contribution < 1.29 is 5.11 Å². The number of fused-ring (bicyclic) bond motifs is 1. The SMILES string of the molecule is CC(O)(CNc1nn2c(=O)ccnc2s1)c1ccccc1Cl. The highest BCUT2D eigenvalue weighted by Gasteiger charge is 2.25. The average Bonchev–Trinajstić information content (AvgIpc) is 2.90. The van der Waals surface area contributed by atoms with Crippen molar-refractivity contribution in [2.45, 2.75) is 12.5 Å². The second kappa shape index (κ2) is 5.68. The highest BCUT2D eigenvalue weighted by atomic mass is 35.5. The monoisotopic (exact) mass is 336 g/mol. The van der Waals surface area contributed by atoms with E-state index in [0.29, 0.717) is 20.7 Å². The summed E-state index contributed by atoms with van der Waals surface area (Å²) in [5, 5.41) is 18.8. The molecule has 3 aromatic rings. The first-order valence-corrected chi connectivity index (χ1v) is 7.73. The Morgan fingerprint density at radius 1 is 1.41 bits per heavy atom. The Hall–Kier alpha value is -1.96. The van der Waals surface area contributed by atoms with E-state index in [0.717, 1.165) is 0 Å². The fourth-order valence-corrected chi connectivity index (χ4v) is 3.17. The van der Waals surface area contributed by atoms with Gasteiger partial charge in [0.15, 0.2) is 0 Å². The van der Waals surface area contributed by atoms with Crippen molar-refractivity contribution in [2.75, 3.05) is 11.9 Å². The van der Waals surface area contributed by atoms with Gasteiger partial charge in [-0.3, -0.25) is 4.79 Å². The average molecular weight is 337 g/mol. The van der Waals surface area contributed by atoms with Crippen LogP contribution < -0.4 is 10.9 Å². The summed E-state index contributed by atoms with van der Waals surface area (Å²) in [6.07, 6.45) is 1.44. The predicted molar refractivity (Wildman–Crippen MR) is 86.6 cm³/mol. The number of hydrogen-bond donors (Lipinski definition) is 2. The summed E-state index contributed by atoms with van der Waals surface area (Å²) >= 11 is 7.36. The van der Waals surface area contributed by atoms with Crippen molar-refractivity contribution in [3.05, 3.63) is 57.5 Å². The summed E-state index contributed by atoms with van der Waals surface area (Å²) in [5.74, 6) is 0. The van der Waals surface area contributed by atoms with Gasteiger partial charge in [-0.15, -0.1) is 5.10 Å². The van der Waals surface area contributed by atoms with E-state index in [2.05, 4.69) is 15.4 Å². The van der Waals surface area contributed by atoms with Crippen molar-refractivity contribution in [3.63, 3.8) is 0 Å². The number of aliphatic hydroxyl groups is 1. The summed E-state index contributed by atoms with van der Waals surface area (Å²) in [6.45, 7) is 1.87. The molecule has 2 heterocycles. The standard InChI is InChI=1S/C14H13ClN4O2S/c1-14(21,9-4-2-3-5-10(9)15)8-17-12-18-19-11(20)6-7-16-13(19)22-12/h2-7,21H,8H2,1H3,(H,17,18). The molecular formula is C14H13ClN4O2S. The summed E-state index contributed by atoms with van der Waals surface area (Å²) in [5.41, 5.74) is -0.790. The van der Waals surface area contributed by atoms with Gasteiger partial charge in [-0.05, 0) is 13.0 Å². The third-order valence-corrected chi connectivity index (χ3v) is 4.42. The Morgan fingerprint density at radius 2 is 2.18 bits per heavy atom. The molecule has 1 unspecified atom stereocenters. The number of halogens is 1. The van der Waals surface area contributed by atoms with Gasteiger partial charge < -0.3 is 10.4 Å². The van der Waals surface area contributed by atoms with Crippen LogP contribution in [0.5, 0.6) is 0 Å². The van der Waals surface area contributed by atoms with E-state index in [1.165, 1.54) is 28.1 Å². The van der Waals surface area contributed by atoms with E-state index in [4.69, 9.17) is 11.6 Å². The second-order valence-electron chi connectivity index (χ2n) is 4.99. The molecular weight excluding hydrogens is 324 g/mol. The summed E-state index contributed by atoms with van der Waals surface area (Å²) < 4.78 is 1.22. The molecule has 3 rings (SSSR count). The van der Waals surface area contributed by atoms with E-state index >= 15 is 0 Å². The van der Waals surface area contributed by atoms with Crippen molar-refractivity contribution >= 4 is 33.0 Å². The fraction of sp³-hybridized carbons (Fsp3) is 0.214. The third-order valence-electron chi connectivity index (χ3n) is 3.21. The smallest absolute Gasteiger partial charge is 0.275 e. The Bertz CT molecular complexity index is 874. The Balaban J connectivity index is 1.82. The van der Waals surface area contributed by atoms with Crippen LogP contribution in [0.15, 0.2) is 41.3 Å². The second-order valence-corrected chi connectivity index (χ2v) is 6.36. The van der Waals surface area contributed by atoms with Gasteiger partial charge in [0.1, 0.15) is 5.60 Å². The van der Waals surface area contributed by atoms with Crippen LogP contribution in [-0.2, 0) is 5.60 Å². The summed E-state index contributed by atoms with van der Waals surface area (Å²) in [6, 6.07) is 8.47. The maximum absolute atomic E-state index is 11.6. The maximum atomic E-state index is 11.6. The minimum atomic E-state index is -1.17. The number of rotatable bonds is 4.